The van der Waals surface area contributed by atoms with Gasteiger partial charge in [0.1, 0.15) is 10.0 Å². The number of nitrogens with zero attached hydrogens (tertiary/aromatic N) is 3. The number of hydrogen-bond donors (Lipinski definition) is 1. The number of rotatable bonds is 2. The molecule has 2 aliphatic rings. The standard InChI is InChI=1S/C18H19ClN4O4S/c1-10-14(16(19)22(3)21-10)28(26,27)23-8-13-18(2,9-23)15(24)11-6-4-5-7-12(11)17(25)20-13/h4-7,13H,8-9H2,1-3H3,(H,20,25)/t13-,18+/m1/s1. The molecule has 1 amide bonds. The minimum atomic E-state index is -3.99. The molecule has 10 heteroatoms. The summed E-state index contributed by atoms with van der Waals surface area (Å²) >= 11 is 6.17. The highest BCUT2D eigenvalue weighted by Gasteiger charge is 2.55. The average molecular weight is 423 g/mol. The van der Waals surface area contributed by atoms with Gasteiger partial charge in [0.25, 0.3) is 5.91 Å². The summed E-state index contributed by atoms with van der Waals surface area (Å²) in [5.74, 6) is -0.634. The van der Waals surface area contributed by atoms with Gasteiger partial charge in [0.15, 0.2) is 5.78 Å². The molecule has 1 saturated heterocycles. The third kappa shape index (κ3) is 2.53. The SMILES string of the molecule is Cc1nn(C)c(Cl)c1S(=O)(=O)N1C[C@H]2NC(=O)c3ccccc3C(=O)[C@@]2(C)C1. The number of amides is 1. The molecule has 4 rings (SSSR count). The first kappa shape index (κ1) is 19.1. The van der Waals surface area contributed by atoms with Crippen molar-refractivity contribution in [2.45, 2.75) is 24.8 Å². The van der Waals surface area contributed by atoms with Crippen LogP contribution in [0.3, 0.4) is 0 Å². The summed E-state index contributed by atoms with van der Waals surface area (Å²) in [4.78, 5) is 25.8. The van der Waals surface area contributed by atoms with Gasteiger partial charge in [-0.25, -0.2) is 8.42 Å². The summed E-state index contributed by atoms with van der Waals surface area (Å²) in [6.45, 7) is 3.18. The molecule has 0 bridgehead atoms. The number of fused-ring (bicyclic) bond motifs is 2. The summed E-state index contributed by atoms with van der Waals surface area (Å²) in [5, 5.41) is 6.92. The zero-order valence-corrected chi connectivity index (χ0v) is 17.1. The second kappa shape index (κ2) is 6.13. The van der Waals surface area contributed by atoms with Gasteiger partial charge in [-0.05, 0) is 19.9 Å². The van der Waals surface area contributed by atoms with Crippen LogP contribution in [0.15, 0.2) is 29.2 Å². The van der Waals surface area contributed by atoms with Crippen molar-refractivity contribution in [1.82, 2.24) is 19.4 Å². The molecule has 2 aliphatic heterocycles. The maximum Gasteiger partial charge on any atom is 0.252 e. The van der Waals surface area contributed by atoms with Crippen molar-refractivity contribution in [2.24, 2.45) is 12.5 Å². The lowest BCUT2D eigenvalue weighted by molar-refractivity contribution is 0.0796. The molecule has 1 aromatic heterocycles. The lowest BCUT2D eigenvalue weighted by Gasteiger charge is -2.26. The fraction of sp³-hybridized carbons (Fsp3) is 0.389. The molecule has 0 spiro atoms. The number of carbonyl (C=O) groups is 2. The van der Waals surface area contributed by atoms with E-state index < -0.39 is 21.5 Å². The fourth-order valence-electron chi connectivity index (χ4n) is 4.02. The van der Waals surface area contributed by atoms with E-state index in [0.717, 1.165) is 0 Å². The number of aromatic nitrogens is 2. The van der Waals surface area contributed by atoms with Crippen molar-refractivity contribution >= 4 is 33.3 Å². The van der Waals surface area contributed by atoms with Crippen LogP contribution in [0.2, 0.25) is 5.15 Å². The molecular weight excluding hydrogens is 404 g/mol. The van der Waals surface area contributed by atoms with Crippen LogP contribution in [0.1, 0.15) is 33.3 Å². The Morgan fingerprint density at radius 3 is 2.50 bits per heavy atom. The normalized spacial score (nSPS) is 25.2. The van der Waals surface area contributed by atoms with Crippen molar-refractivity contribution in [1.29, 1.82) is 0 Å². The molecule has 1 aromatic carbocycles. The van der Waals surface area contributed by atoms with Crippen LogP contribution in [0.4, 0.5) is 0 Å². The molecule has 1 fully saturated rings. The molecule has 1 N–H and O–H groups in total. The third-order valence-corrected chi connectivity index (χ3v) is 8.11. The summed E-state index contributed by atoms with van der Waals surface area (Å²) in [5.41, 5.74) is -0.188. The van der Waals surface area contributed by atoms with Gasteiger partial charge in [-0.1, -0.05) is 29.8 Å². The predicted octanol–water partition coefficient (Wildman–Crippen LogP) is 1.39. The van der Waals surface area contributed by atoms with Gasteiger partial charge in [-0.3, -0.25) is 14.3 Å². The highest BCUT2D eigenvalue weighted by molar-refractivity contribution is 7.89. The zero-order chi connectivity index (χ0) is 20.4. The Balaban J connectivity index is 1.77. The van der Waals surface area contributed by atoms with Crippen LogP contribution in [0.25, 0.3) is 0 Å². The quantitative estimate of drug-likeness (QED) is 0.788. The van der Waals surface area contributed by atoms with Crippen LogP contribution >= 0.6 is 11.6 Å². The Kier molecular flexibility index (Phi) is 4.18. The number of nitrogens with one attached hydrogen (secondary N) is 1. The minimum absolute atomic E-state index is 0.00968. The van der Waals surface area contributed by atoms with E-state index in [-0.39, 0.29) is 40.5 Å². The summed E-state index contributed by atoms with van der Waals surface area (Å²) in [6, 6.07) is 5.94. The number of hydrogen-bond acceptors (Lipinski definition) is 5. The molecular formula is C18H19ClN4O4S. The molecule has 2 aromatic rings. The average Bonchev–Trinajstić information content (AvgIpc) is 3.09. The van der Waals surface area contributed by atoms with Crippen molar-refractivity contribution in [3.63, 3.8) is 0 Å². The van der Waals surface area contributed by atoms with Crippen LogP contribution < -0.4 is 5.32 Å². The fourth-order valence-corrected chi connectivity index (χ4v) is 6.29. The number of aryl methyl sites for hydroxylation is 2. The van der Waals surface area contributed by atoms with Gasteiger partial charge in [-0.15, -0.1) is 0 Å². The van der Waals surface area contributed by atoms with Gasteiger partial charge < -0.3 is 5.32 Å². The van der Waals surface area contributed by atoms with Gasteiger partial charge in [0, 0.05) is 25.7 Å². The Morgan fingerprint density at radius 2 is 1.89 bits per heavy atom. The zero-order valence-electron chi connectivity index (χ0n) is 15.6. The molecule has 0 saturated carbocycles. The molecule has 3 heterocycles. The van der Waals surface area contributed by atoms with E-state index in [9.17, 15) is 18.0 Å². The van der Waals surface area contributed by atoms with Crippen LogP contribution in [-0.2, 0) is 17.1 Å². The highest BCUT2D eigenvalue weighted by Crippen LogP contribution is 2.40. The summed E-state index contributed by atoms with van der Waals surface area (Å²) in [6.07, 6.45) is 0. The topological polar surface area (TPSA) is 101 Å². The number of Topliss-reactive ketones (excluding diaryl/α,β-unsaturated/α-hetero) is 1. The van der Waals surface area contributed by atoms with Gasteiger partial charge >= 0.3 is 0 Å². The lowest BCUT2D eigenvalue weighted by Crippen LogP contribution is -2.47. The van der Waals surface area contributed by atoms with E-state index in [1.165, 1.54) is 8.99 Å². The molecule has 0 unspecified atom stereocenters. The predicted molar refractivity (Wildman–Crippen MR) is 102 cm³/mol. The second-order valence-corrected chi connectivity index (χ2v) is 9.68. The van der Waals surface area contributed by atoms with Gasteiger partial charge in [0.05, 0.1) is 22.7 Å². The van der Waals surface area contributed by atoms with Crippen molar-refractivity contribution in [3.8, 4) is 0 Å². The van der Waals surface area contributed by atoms with Gasteiger partial charge in [-0.2, -0.15) is 9.40 Å². The largest absolute Gasteiger partial charge is 0.347 e. The van der Waals surface area contributed by atoms with E-state index in [2.05, 4.69) is 10.4 Å². The number of sulfonamides is 1. The van der Waals surface area contributed by atoms with Crippen LogP contribution in [0, 0.1) is 12.3 Å². The van der Waals surface area contributed by atoms with Gasteiger partial charge in [0.2, 0.25) is 10.0 Å². The van der Waals surface area contributed by atoms with Crippen molar-refractivity contribution in [3.05, 3.63) is 46.2 Å². The molecule has 8 nitrogen and oxygen atoms in total. The van der Waals surface area contributed by atoms with Crippen LogP contribution in [0.5, 0.6) is 0 Å². The lowest BCUT2D eigenvalue weighted by atomic mass is 9.78. The molecule has 148 valence electrons. The molecule has 28 heavy (non-hydrogen) atoms. The van der Waals surface area contributed by atoms with E-state index >= 15 is 0 Å². The Bertz CT molecular complexity index is 1130. The summed E-state index contributed by atoms with van der Waals surface area (Å²) < 4.78 is 29.0. The molecule has 0 radical (unpaired) electrons. The smallest absolute Gasteiger partial charge is 0.252 e. The number of ketones is 1. The van der Waals surface area contributed by atoms with Crippen LogP contribution in [-0.4, -0.2) is 53.3 Å². The number of halogens is 1. The van der Waals surface area contributed by atoms with E-state index in [1.54, 1.807) is 45.2 Å². The monoisotopic (exact) mass is 422 g/mol. The highest BCUT2D eigenvalue weighted by atomic mass is 35.5. The molecule has 0 aliphatic carbocycles. The molecule has 2 atom stereocenters. The summed E-state index contributed by atoms with van der Waals surface area (Å²) in [7, 11) is -2.43. The minimum Gasteiger partial charge on any atom is -0.347 e. The Hall–Kier alpha value is -2.23. The first-order valence-electron chi connectivity index (χ1n) is 8.71. The maximum absolute atomic E-state index is 13.3. The van der Waals surface area contributed by atoms with Crippen molar-refractivity contribution in [2.75, 3.05) is 13.1 Å². The van der Waals surface area contributed by atoms with Crippen molar-refractivity contribution < 1.29 is 18.0 Å². The first-order chi connectivity index (χ1) is 13.1. The Labute approximate surface area is 167 Å². The number of benzene rings is 1. The number of carbonyl (C=O) groups excluding carboxylic acids is 2. The second-order valence-electron chi connectivity index (χ2n) is 7.44. The Morgan fingerprint density at radius 1 is 1.25 bits per heavy atom. The third-order valence-electron chi connectivity index (χ3n) is 5.60. The first-order valence-corrected chi connectivity index (χ1v) is 10.5. The van der Waals surface area contributed by atoms with E-state index in [4.69, 9.17) is 11.6 Å². The van der Waals surface area contributed by atoms with E-state index in [1.807, 2.05) is 0 Å². The van der Waals surface area contributed by atoms with E-state index in [0.29, 0.717) is 11.1 Å². The maximum atomic E-state index is 13.3.